The van der Waals surface area contributed by atoms with Crippen LogP contribution in [0, 0.1) is 5.92 Å². The van der Waals surface area contributed by atoms with Gasteiger partial charge in [0.15, 0.2) is 5.76 Å². The summed E-state index contributed by atoms with van der Waals surface area (Å²) in [7, 11) is 6.15. The number of aliphatic hydroxyl groups excluding tert-OH is 1. The number of hydrogen-bond donors (Lipinski definition) is 1. The number of rotatable bonds is 7. The SMILES string of the molecule is CN(C)Cc1ccc(C(=O)N2CC[C@H](N3CCN(C)CC3)[C@H](CCCO)C2)o1. The van der Waals surface area contributed by atoms with Crippen LogP contribution < -0.4 is 0 Å². The Balaban J connectivity index is 1.64. The minimum atomic E-state index is -0.00386. The van der Waals surface area contributed by atoms with E-state index >= 15 is 0 Å². The molecule has 2 aliphatic heterocycles. The lowest BCUT2D eigenvalue weighted by atomic mass is 9.86. The minimum Gasteiger partial charge on any atom is -0.455 e. The fourth-order valence-corrected chi connectivity index (χ4v) is 4.52. The standard InChI is InChI=1S/C21H36N4O3/c1-22(2)16-18-6-7-20(28-18)21(27)25-9-8-19(17(15-25)5-4-14-26)24-12-10-23(3)11-13-24/h6-7,17,19,26H,4-5,8-16H2,1-3H3/t17-,19+/m1/s1. The highest BCUT2D eigenvalue weighted by Gasteiger charge is 2.36. The summed E-state index contributed by atoms with van der Waals surface area (Å²) in [6.07, 6.45) is 2.75. The van der Waals surface area contributed by atoms with Gasteiger partial charge in [0.1, 0.15) is 5.76 Å². The second-order valence-electron chi connectivity index (χ2n) is 8.58. The lowest BCUT2D eigenvalue weighted by Crippen LogP contribution is -2.56. The lowest BCUT2D eigenvalue weighted by molar-refractivity contribution is 0.0203. The fraction of sp³-hybridized carbons (Fsp3) is 0.762. The molecule has 0 bridgehead atoms. The normalized spacial score (nSPS) is 24.8. The van der Waals surface area contributed by atoms with Crippen molar-refractivity contribution in [1.82, 2.24) is 19.6 Å². The van der Waals surface area contributed by atoms with Crippen LogP contribution in [0.15, 0.2) is 16.5 Å². The molecule has 0 aliphatic carbocycles. The molecule has 2 atom stereocenters. The third-order valence-corrected chi connectivity index (χ3v) is 6.07. The van der Waals surface area contributed by atoms with Crippen molar-refractivity contribution in [2.75, 3.05) is 67.0 Å². The first kappa shape index (κ1) is 21.3. The Hall–Kier alpha value is -1.41. The van der Waals surface area contributed by atoms with Crippen LogP contribution in [0.5, 0.6) is 0 Å². The topological polar surface area (TPSA) is 63.4 Å². The predicted molar refractivity (Wildman–Crippen MR) is 109 cm³/mol. The van der Waals surface area contributed by atoms with Crippen LogP contribution in [-0.4, -0.2) is 104 Å². The van der Waals surface area contributed by atoms with Crippen LogP contribution in [0.3, 0.4) is 0 Å². The molecule has 1 N–H and O–H groups in total. The summed E-state index contributed by atoms with van der Waals surface area (Å²) >= 11 is 0. The van der Waals surface area contributed by atoms with Gasteiger partial charge in [-0.3, -0.25) is 9.69 Å². The van der Waals surface area contributed by atoms with Crippen molar-refractivity contribution in [2.45, 2.75) is 31.8 Å². The zero-order chi connectivity index (χ0) is 20.1. The Morgan fingerprint density at radius 2 is 1.96 bits per heavy atom. The Bertz CT molecular complexity index is 625. The first-order valence-electron chi connectivity index (χ1n) is 10.5. The molecule has 0 saturated carbocycles. The number of piperidine rings is 1. The van der Waals surface area contributed by atoms with Gasteiger partial charge in [0.05, 0.1) is 6.54 Å². The Kier molecular flexibility index (Phi) is 7.51. The van der Waals surface area contributed by atoms with Crippen molar-refractivity contribution in [3.05, 3.63) is 23.7 Å². The average molecular weight is 393 g/mol. The number of aliphatic hydroxyl groups is 1. The van der Waals surface area contributed by atoms with Gasteiger partial charge in [-0.25, -0.2) is 0 Å². The molecule has 1 amide bonds. The molecule has 1 aromatic rings. The van der Waals surface area contributed by atoms with Crippen LogP contribution in [0.2, 0.25) is 0 Å². The van der Waals surface area contributed by atoms with Gasteiger partial charge in [0.2, 0.25) is 0 Å². The molecule has 7 nitrogen and oxygen atoms in total. The van der Waals surface area contributed by atoms with E-state index in [9.17, 15) is 9.90 Å². The first-order chi connectivity index (χ1) is 13.5. The molecule has 158 valence electrons. The molecular formula is C21H36N4O3. The van der Waals surface area contributed by atoms with Gasteiger partial charge < -0.3 is 24.2 Å². The molecule has 2 saturated heterocycles. The van der Waals surface area contributed by atoms with Crippen LogP contribution in [-0.2, 0) is 6.54 Å². The first-order valence-corrected chi connectivity index (χ1v) is 10.5. The van der Waals surface area contributed by atoms with Crippen molar-refractivity contribution < 1.29 is 14.3 Å². The van der Waals surface area contributed by atoms with E-state index in [1.165, 1.54) is 0 Å². The lowest BCUT2D eigenvalue weighted by Gasteiger charge is -2.46. The summed E-state index contributed by atoms with van der Waals surface area (Å²) in [5.74, 6) is 1.66. The molecule has 1 aromatic heterocycles. The number of carbonyl (C=O) groups excluding carboxylic acids is 1. The minimum absolute atomic E-state index is 0.00386. The van der Waals surface area contributed by atoms with Crippen LogP contribution >= 0.6 is 0 Å². The van der Waals surface area contributed by atoms with E-state index < -0.39 is 0 Å². The van der Waals surface area contributed by atoms with E-state index in [0.717, 1.165) is 64.3 Å². The summed E-state index contributed by atoms with van der Waals surface area (Å²) in [6, 6.07) is 4.20. The van der Waals surface area contributed by atoms with E-state index in [1.54, 1.807) is 6.07 Å². The van der Waals surface area contributed by atoms with Crippen LogP contribution in [0.4, 0.5) is 0 Å². The van der Waals surface area contributed by atoms with E-state index in [4.69, 9.17) is 4.42 Å². The largest absolute Gasteiger partial charge is 0.455 e. The summed E-state index contributed by atoms with van der Waals surface area (Å²) in [4.78, 5) is 21.9. The van der Waals surface area contributed by atoms with Gasteiger partial charge in [-0.2, -0.15) is 0 Å². The molecule has 3 rings (SSSR count). The molecule has 7 heteroatoms. The number of hydrogen-bond acceptors (Lipinski definition) is 6. The Morgan fingerprint density at radius 3 is 2.64 bits per heavy atom. The molecule has 3 heterocycles. The molecule has 2 fully saturated rings. The maximum atomic E-state index is 13.0. The number of likely N-dealkylation sites (N-methyl/N-ethyl adjacent to an activating group) is 1. The molecule has 0 spiro atoms. The monoisotopic (exact) mass is 392 g/mol. The summed E-state index contributed by atoms with van der Waals surface area (Å²) < 4.78 is 5.79. The third kappa shape index (κ3) is 5.35. The molecule has 0 aromatic carbocycles. The van der Waals surface area contributed by atoms with Gasteiger partial charge in [-0.15, -0.1) is 0 Å². The van der Waals surface area contributed by atoms with E-state index in [2.05, 4.69) is 16.8 Å². The Labute approximate surface area is 168 Å². The smallest absolute Gasteiger partial charge is 0.289 e. The predicted octanol–water partition coefficient (Wildman–Crippen LogP) is 1.19. The maximum absolute atomic E-state index is 13.0. The summed E-state index contributed by atoms with van der Waals surface area (Å²) in [5.41, 5.74) is 0. The second-order valence-corrected chi connectivity index (χ2v) is 8.58. The molecule has 2 aliphatic rings. The van der Waals surface area contributed by atoms with E-state index in [-0.39, 0.29) is 12.5 Å². The van der Waals surface area contributed by atoms with Gasteiger partial charge in [0, 0.05) is 51.9 Å². The molecule has 28 heavy (non-hydrogen) atoms. The van der Waals surface area contributed by atoms with Crippen molar-refractivity contribution in [3.8, 4) is 0 Å². The van der Waals surface area contributed by atoms with Gasteiger partial charge in [0.25, 0.3) is 5.91 Å². The van der Waals surface area contributed by atoms with Crippen molar-refractivity contribution in [3.63, 3.8) is 0 Å². The zero-order valence-corrected chi connectivity index (χ0v) is 17.6. The highest BCUT2D eigenvalue weighted by molar-refractivity contribution is 5.91. The number of furan rings is 1. The van der Waals surface area contributed by atoms with E-state index in [0.29, 0.717) is 24.3 Å². The van der Waals surface area contributed by atoms with E-state index in [1.807, 2.05) is 30.0 Å². The number of carbonyl (C=O) groups is 1. The van der Waals surface area contributed by atoms with Gasteiger partial charge >= 0.3 is 0 Å². The number of nitrogens with zero attached hydrogens (tertiary/aromatic N) is 4. The fourth-order valence-electron chi connectivity index (χ4n) is 4.52. The summed E-state index contributed by atoms with van der Waals surface area (Å²) in [6.45, 7) is 6.83. The average Bonchev–Trinajstić information content (AvgIpc) is 3.14. The van der Waals surface area contributed by atoms with Crippen molar-refractivity contribution >= 4 is 5.91 Å². The number of piperazine rings is 1. The highest BCUT2D eigenvalue weighted by Crippen LogP contribution is 2.28. The highest BCUT2D eigenvalue weighted by atomic mass is 16.4. The van der Waals surface area contributed by atoms with Crippen molar-refractivity contribution in [2.24, 2.45) is 5.92 Å². The number of likely N-dealkylation sites (tertiary alicyclic amines) is 1. The van der Waals surface area contributed by atoms with Crippen LogP contribution in [0.1, 0.15) is 35.6 Å². The van der Waals surface area contributed by atoms with Gasteiger partial charge in [-0.05, 0) is 58.5 Å². The van der Waals surface area contributed by atoms with Crippen LogP contribution in [0.25, 0.3) is 0 Å². The zero-order valence-electron chi connectivity index (χ0n) is 17.6. The van der Waals surface area contributed by atoms with Gasteiger partial charge in [-0.1, -0.05) is 0 Å². The Morgan fingerprint density at radius 1 is 1.21 bits per heavy atom. The maximum Gasteiger partial charge on any atom is 0.289 e. The molecule has 0 radical (unpaired) electrons. The quantitative estimate of drug-likeness (QED) is 0.752. The summed E-state index contributed by atoms with van der Waals surface area (Å²) in [5, 5.41) is 9.34. The third-order valence-electron chi connectivity index (χ3n) is 6.07. The second kappa shape index (κ2) is 9.87. The molecular weight excluding hydrogens is 356 g/mol. The molecule has 0 unspecified atom stereocenters. The van der Waals surface area contributed by atoms with Crippen molar-refractivity contribution in [1.29, 1.82) is 0 Å². The number of amides is 1.